The molecule has 0 saturated heterocycles. The fourth-order valence-corrected chi connectivity index (χ4v) is 1.47. The third-order valence-corrected chi connectivity index (χ3v) is 2.43. The highest BCUT2D eigenvalue weighted by atomic mass is 19.3. The van der Waals surface area contributed by atoms with Crippen molar-refractivity contribution in [3.63, 3.8) is 0 Å². The zero-order valence-electron chi connectivity index (χ0n) is 10.6. The van der Waals surface area contributed by atoms with Crippen LogP contribution in [0.5, 0.6) is 5.75 Å². The highest BCUT2D eigenvalue weighted by Crippen LogP contribution is 2.14. The zero-order valence-corrected chi connectivity index (χ0v) is 10.6. The van der Waals surface area contributed by atoms with Crippen molar-refractivity contribution in [1.29, 1.82) is 0 Å². The number of ether oxygens (including phenoxy) is 1. The molecule has 2 aromatic heterocycles. The molecule has 0 spiro atoms. The number of hydrogen-bond acceptors (Lipinski definition) is 6. The van der Waals surface area contributed by atoms with Crippen molar-refractivity contribution < 1.29 is 18.4 Å². The Morgan fingerprint density at radius 3 is 2.57 bits per heavy atom. The van der Waals surface area contributed by atoms with Crippen LogP contribution in [0.25, 0.3) is 0 Å². The Hall–Kier alpha value is -2.84. The Kier molecular flexibility index (Phi) is 4.54. The molecule has 0 aromatic carbocycles. The molecule has 7 nitrogen and oxygen atoms in total. The van der Waals surface area contributed by atoms with Crippen LogP contribution in [0.15, 0.2) is 36.7 Å². The Morgan fingerprint density at radius 1 is 1.24 bits per heavy atom. The van der Waals surface area contributed by atoms with Gasteiger partial charge in [0.1, 0.15) is 17.8 Å². The van der Waals surface area contributed by atoms with Crippen molar-refractivity contribution in [2.75, 3.05) is 5.32 Å². The van der Waals surface area contributed by atoms with Gasteiger partial charge in [0, 0.05) is 6.07 Å². The number of hydrogen-bond donors (Lipinski definition) is 1. The summed E-state index contributed by atoms with van der Waals surface area (Å²) in [6, 6.07) is 5.68. The molecule has 9 heteroatoms. The first-order valence-corrected chi connectivity index (χ1v) is 5.78. The van der Waals surface area contributed by atoms with E-state index in [0.29, 0.717) is 18.1 Å². The van der Waals surface area contributed by atoms with Crippen molar-refractivity contribution in [3.05, 3.63) is 52.5 Å². The summed E-state index contributed by atoms with van der Waals surface area (Å²) in [4.78, 5) is 17.7. The topological polar surface area (TPSA) is 90.2 Å². The number of nitrogens with one attached hydrogen (secondary N) is 1. The quantitative estimate of drug-likeness (QED) is 0.651. The predicted molar refractivity (Wildman–Crippen MR) is 69.1 cm³/mol. The largest absolute Gasteiger partial charge is 0.433 e. The van der Waals surface area contributed by atoms with E-state index in [4.69, 9.17) is 0 Å². The minimum atomic E-state index is -2.89. The minimum absolute atomic E-state index is 0.0257. The molecule has 0 saturated carbocycles. The first-order valence-electron chi connectivity index (χ1n) is 5.78. The molecule has 0 radical (unpaired) electrons. The van der Waals surface area contributed by atoms with Gasteiger partial charge in [-0.2, -0.15) is 8.78 Å². The molecule has 0 aliphatic carbocycles. The molecule has 0 aliphatic heterocycles. The summed E-state index contributed by atoms with van der Waals surface area (Å²) in [5.74, 6) is 0.414. The van der Waals surface area contributed by atoms with E-state index in [1.807, 2.05) is 0 Å². The molecule has 0 amide bonds. The highest BCUT2D eigenvalue weighted by molar-refractivity contribution is 5.40. The van der Waals surface area contributed by atoms with E-state index in [1.54, 1.807) is 0 Å². The molecular weight excluding hydrogens is 286 g/mol. The number of alkyl halides is 2. The van der Waals surface area contributed by atoms with E-state index in [0.717, 1.165) is 6.20 Å². The molecule has 0 aliphatic rings. The van der Waals surface area contributed by atoms with Gasteiger partial charge < -0.3 is 10.1 Å². The normalized spacial score (nSPS) is 10.4. The van der Waals surface area contributed by atoms with E-state index < -0.39 is 11.5 Å². The number of aromatic nitrogens is 2. The summed E-state index contributed by atoms with van der Waals surface area (Å²) in [6.07, 6.45) is 2.32. The van der Waals surface area contributed by atoms with E-state index in [-0.39, 0.29) is 11.4 Å². The van der Waals surface area contributed by atoms with Gasteiger partial charge in [-0.1, -0.05) is 0 Å². The number of pyridine rings is 2. The zero-order chi connectivity index (χ0) is 15.2. The van der Waals surface area contributed by atoms with Crippen LogP contribution in [0, 0.1) is 10.1 Å². The van der Waals surface area contributed by atoms with Crippen LogP contribution in [-0.2, 0) is 6.54 Å². The van der Waals surface area contributed by atoms with Gasteiger partial charge in [0.15, 0.2) is 0 Å². The van der Waals surface area contributed by atoms with E-state index in [1.165, 1.54) is 30.5 Å². The Labute approximate surface area is 117 Å². The van der Waals surface area contributed by atoms with Crippen molar-refractivity contribution in [2.24, 2.45) is 0 Å². The van der Waals surface area contributed by atoms with Crippen molar-refractivity contribution >= 4 is 11.5 Å². The number of nitrogens with zero attached hydrogens (tertiary/aromatic N) is 3. The number of halogens is 2. The standard InChI is InChI=1S/C12H10F2N4O3/c13-12(14)21-10-3-1-8(15-7-10)5-16-11-4-2-9(6-17-11)18(19)20/h1-4,6-7,12H,5H2,(H,16,17). The molecule has 21 heavy (non-hydrogen) atoms. The summed E-state index contributed by atoms with van der Waals surface area (Å²) in [7, 11) is 0. The monoisotopic (exact) mass is 296 g/mol. The van der Waals surface area contributed by atoms with E-state index in [9.17, 15) is 18.9 Å². The van der Waals surface area contributed by atoms with Crippen LogP contribution >= 0.6 is 0 Å². The van der Waals surface area contributed by atoms with Gasteiger partial charge in [0.25, 0.3) is 5.69 Å². The Bertz CT molecular complexity index is 605. The van der Waals surface area contributed by atoms with Crippen LogP contribution in [-0.4, -0.2) is 21.5 Å². The maximum Gasteiger partial charge on any atom is 0.387 e. The molecule has 0 fully saturated rings. The summed E-state index contributed by atoms with van der Waals surface area (Å²) in [5.41, 5.74) is 0.476. The second-order valence-corrected chi connectivity index (χ2v) is 3.88. The third-order valence-electron chi connectivity index (χ3n) is 2.43. The maximum absolute atomic E-state index is 12.0. The third kappa shape index (κ3) is 4.34. The molecule has 110 valence electrons. The summed E-state index contributed by atoms with van der Waals surface area (Å²) < 4.78 is 28.1. The van der Waals surface area contributed by atoms with Crippen molar-refractivity contribution in [3.8, 4) is 5.75 Å². The lowest BCUT2D eigenvalue weighted by molar-refractivity contribution is -0.385. The van der Waals surface area contributed by atoms with Gasteiger partial charge in [0.2, 0.25) is 0 Å². The predicted octanol–water partition coefficient (Wildman–Crippen LogP) is 2.60. The molecule has 0 bridgehead atoms. The Morgan fingerprint density at radius 2 is 2.05 bits per heavy atom. The van der Waals surface area contributed by atoms with Gasteiger partial charge in [0.05, 0.1) is 23.4 Å². The van der Waals surface area contributed by atoms with Gasteiger partial charge in [-0.15, -0.1) is 0 Å². The second kappa shape index (κ2) is 6.55. The van der Waals surface area contributed by atoms with Crippen LogP contribution in [0.1, 0.15) is 5.69 Å². The molecule has 1 N–H and O–H groups in total. The second-order valence-electron chi connectivity index (χ2n) is 3.88. The molecule has 2 heterocycles. The van der Waals surface area contributed by atoms with Crippen LogP contribution in [0.4, 0.5) is 20.3 Å². The van der Waals surface area contributed by atoms with Crippen LogP contribution < -0.4 is 10.1 Å². The highest BCUT2D eigenvalue weighted by Gasteiger charge is 2.06. The summed E-state index contributed by atoms with van der Waals surface area (Å²) >= 11 is 0. The maximum atomic E-state index is 12.0. The first kappa shape index (κ1) is 14.6. The van der Waals surface area contributed by atoms with Crippen molar-refractivity contribution in [2.45, 2.75) is 13.2 Å². The van der Waals surface area contributed by atoms with E-state index >= 15 is 0 Å². The van der Waals surface area contributed by atoms with Gasteiger partial charge in [-0.3, -0.25) is 15.1 Å². The first-order chi connectivity index (χ1) is 10.0. The lowest BCUT2D eigenvalue weighted by Crippen LogP contribution is -2.05. The number of rotatable bonds is 6. The molecule has 2 aromatic rings. The lowest BCUT2D eigenvalue weighted by atomic mass is 10.3. The fourth-order valence-electron chi connectivity index (χ4n) is 1.47. The lowest BCUT2D eigenvalue weighted by Gasteiger charge is -2.06. The van der Waals surface area contributed by atoms with Gasteiger partial charge in [-0.25, -0.2) is 4.98 Å². The number of anilines is 1. The van der Waals surface area contributed by atoms with Crippen LogP contribution in [0.3, 0.4) is 0 Å². The van der Waals surface area contributed by atoms with Gasteiger partial charge >= 0.3 is 6.61 Å². The van der Waals surface area contributed by atoms with Gasteiger partial charge in [-0.05, 0) is 18.2 Å². The fraction of sp³-hybridized carbons (Fsp3) is 0.167. The van der Waals surface area contributed by atoms with Crippen LogP contribution in [0.2, 0.25) is 0 Å². The molecule has 0 unspecified atom stereocenters. The molecular formula is C12H10F2N4O3. The summed E-state index contributed by atoms with van der Waals surface area (Å²) in [6.45, 7) is -2.60. The smallest absolute Gasteiger partial charge is 0.387 e. The minimum Gasteiger partial charge on any atom is -0.433 e. The Balaban J connectivity index is 1.91. The van der Waals surface area contributed by atoms with E-state index in [2.05, 4.69) is 20.0 Å². The molecule has 0 atom stereocenters. The average molecular weight is 296 g/mol. The average Bonchev–Trinajstić information content (AvgIpc) is 2.46. The number of nitro groups is 1. The van der Waals surface area contributed by atoms with Crippen molar-refractivity contribution in [1.82, 2.24) is 9.97 Å². The summed E-state index contributed by atoms with van der Waals surface area (Å²) in [5, 5.41) is 13.4. The SMILES string of the molecule is O=[N+]([O-])c1ccc(NCc2ccc(OC(F)F)cn2)nc1. The molecule has 2 rings (SSSR count).